The maximum absolute atomic E-state index is 9.19. The standard InChI is InChI=1S/C13H8ClNO/c14-11-4-1-10(8-15)13(7-11)9-2-5-12(16)6-3-9/h1-7,16H. The van der Waals surface area contributed by atoms with Gasteiger partial charge in [-0.25, -0.2) is 0 Å². The Balaban J connectivity index is 2.59. The molecule has 0 saturated carbocycles. The first kappa shape index (κ1) is 10.5. The number of nitrogens with zero attached hydrogens (tertiary/aromatic N) is 1. The second-order valence-corrected chi connectivity index (χ2v) is 3.79. The first-order valence-corrected chi connectivity index (χ1v) is 5.07. The first-order valence-electron chi connectivity index (χ1n) is 4.70. The summed E-state index contributed by atoms with van der Waals surface area (Å²) in [4.78, 5) is 0. The van der Waals surface area contributed by atoms with Gasteiger partial charge in [0.05, 0.1) is 11.6 Å². The highest BCUT2D eigenvalue weighted by molar-refractivity contribution is 6.30. The zero-order chi connectivity index (χ0) is 11.5. The van der Waals surface area contributed by atoms with E-state index in [9.17, 15) is 5.11 Å². The second kappa shape index (κ2) is 4.26. The van der Waals surface area contributed by atoms with Crippen molar-refractivity contribution >= 4 is 11.6 Å². The summed E-state index contributed by atoms with van der Waals surface area (Å²) in [6, 6.07) is 13.9. The van der Waals surface area contributed by atoms with E-state index in [1.807, 2.05) is 0 Å². The molecular formula is C13H8ClNO. The van der Waals surface area contributed by atoms with Crippen LogP contribution in [0.25, 0.3) is 11.1 Å². The molecule has 0 heterocycles. The minimum Gasteiger partial charge on any atom is -0.508 e. The third-order valence-electron chi connectivity index (χ3n) is 2.28. The highest BCUT2D eigenvalue weighted by Gasteiger charge is 2.05. The predicted molar refractivity (Wildman–Crippen MR) is 63.3 cm³/mol. The van der Waals surface area contributed by atoms with E-state index in [4.69, 9.17) is 16.9 Å². The van der Waals surface area contributed by atoms with E-state index in [2.05, 4.69) is 6.07 Å². The Morgan fingerprint density at radius 1 is 1.06 bits per heavy atom. The summed E-state index contributed by atoms with van der Waals surface area (Å²) in [6.45, 7) is 0. The molecule has 2 aromatic rings. The molecule has 0 radical (unpaired) electrons. The third kappa shape index (κ3) is 2.00. The molecule has 0 aromatic heterocycles. The normalized spacial score (nSPS) is 9.75. The number of hydrogen-bond donors (Lipinski definition) is 1. The topological polar surface area (TPSA) is 44.0 Å². The number of benzene rings is 2. The smallest absolute Gasteiger partial charge is 0.115 e. The summed E-state index contributed by atoms with van der Waals surface area (Å²) in [5, 5.41) is 18.8. The van der Waals surface area contributed by atoms with Crippen molar-refractivity contribution in [3.63, 3.8) is 0 Å². The van der Waals surface area contributed by atoms with E-state index < -0.39 is 0 Å². The lowest BCUT2D eigenvalue weighted by molar-refractivity contribution is 0.475. The molecule has 2 aromatic carbocycles. The van der Waals surface area contributed by atoms with Crippen LogP contribution in [-0.4, -0.2) is 5.11 Å². The van der Waals surface area contributed by atoms with Crippen molar-refractivity contribution in [3.05, 3.63) is 53.1 Å². The number of rotatable bonds is 1. The minimum absolute atomic E-state index is 0.198. The molecule has 0 bridgehead atoms. The van der Waals surface area contributed by atoms with Gasteiger partial charge in [-0.1, -0.05) is 23.7 Å². The fraction of sp³-hybridized carbons (Fsp3) is 0. The Labute approximate surface area is 98.3 Å². The summed E-state index contributed by atoms with van der Waals surface area (Å²) >= 11 is 5.90. The number of aromatic hydroxyl groups is 1. The van der Waals surface area contributed by atoms with Crippen LogP contribution < -0.4 is 0 Å². The lowest BCUT2D eigenvalue weighted by Gasteiger charge is -2.04. The SMILES string of the molecule is N#Cc1ccc(Cl)cc1-c1ccc(O)cc1. The average Bonchev–Trinajstić information content (AvgIpc) is 2.30. The van der Waals surface area contributed by atoms with Crippen molar-refractivity contribution in [2.75, 3.05) is 0 Å². The van der Waals surface area contributed by atoms with Crippen LogP contribution in [0.15, 0.2) is 42.5 Å². The van der Waals surface area contributed by atoms with Crippen molar-refractivity contribution in [3.8, 4) is 22.9 Å². The van der Waals surface area contributed by atoms with Gasteiger partial charge in [0.1, 0.15) is 5.75 Å². The van der Waals surface area contributed by atoms with Crippen molar-refractivity contribution in [2.45, 2.75) is 0 Å². The van der Waals surface area contributed by atoms with Gasteiger partial charge in [-0.2, -0.15) is 5.26 Å². The first-order chi connectivity index (χ1) is 7.70. The molecule has 0 aliphatic carbocycles. The molecule has 0 aliphatic rings. The zero-order valence-electron chi connectivity index (χ0n) is 8.31. The van der Waals surface area contributed by atoms with E-state index in [1.54, 1.807) is 42.5 Å². The molecule has 0 unspecified atom stereocenters. The summed E-state index contributed by atoms with van der Waals surface area (Å²) < 4.78 is 0. The zero-order valence-corrected chi connectivity index (χ0v) is 9.07. The number of hydrogen-bond acceptors (Lipinski definition) is 2. The molecule has 3 heteroatoms. The number of halogens is 1. The van der Waals surface area contributed by atoms with Crippen LogP contribution in [0.2, 0.25) is 5.02 Å². The van der Waals surface area contributed by atoms with Gasteiger partial charge in [0.25, 0.3) is 0 Å². The lowest BCUT2D eigenvalue weighted by atomic mass is 10.0. The van der Waals surface area contributed by atoms with Gasteiger partial charge in [-0.05, 0) is 35.9 Å². The van der Waals surface area contributed by atoms with Crippen LogP contribution >= 0.6 is 11.6 Å². The minimum atomic E-state index is 0.198. The van der Waals surface area contributed by atoms with E-state index in [0.29, 0.717) is 10.6 Å². The van der Waals surface area contributed by atoms with Gasteiger partial charge in [-0.3, -0.25) is 0 Å². The van der Waals surface area contributed by atoms with Gasteiger partial charge >= 0.3 is 0 Å². The molecule has 0 atom stereocenters. The van der Waals surface area contributed by atoms with Crippen LogP contribution in [0.3, 0.4) is 0 Å². The fourth-order valence-electron chi connectivity index (χ4n) is 1.49. The van der Waals surface area contributed by atoms with E-state index in [-0.39, 0.29) is 5.75 Å². The predicted octanol–water partition coefficient (Wildman–Crippen LogP) is 3.58. The molecule has 2 nitrogen and oxygen atoms in total. The van der Waals surface area contributed by atoms with Crippen molar-refractivity contribution in [2.24, 2.45) is 0 Å². The van der Waals surface area contributed by atoms with E-state index >= 15 is 0 Å². The molecule has 2 rings (SSSR count). The number of phenols is 1. The highest BCUT2D eigenvalue weighted by atomic mass is 35.5. The van der Waals surface area contributed by atoms with Crippen molar-refractivity contribution in [1.82, 2.24) is 0 Å². The van der Waals surface area contributed by atoms with Crippen LogP contribution in [0, 0.1) is 11.3 Å². The molecule has 0 saturated heterocycles. The van der Waals surface area contributed by atoms with Crippen molar-refractivity contribution in [1.29, 1.82) is 5.26 Å². The quantitative estimate of drug-likeness (QED) is 0.812. The van der Waals surface area contributed by atoms with E-state index in [1.165, 1.54) is 0 Å². The van der Waals surface area contributed by atoms with Crippen LogP contribution in [-0.2, 0) is 0 Å². The van der Waals surface area contributed by atoms with Crippen LogP contribution in [0.5, 0.6) is 5.75 Å². The van der Waals surface area contributed by atoms with Crippen LogP contribution in [0.1, 0.15) is 5.56 Å². The Bertz CT molecular complexity index is 555. The third-order valence-corrected chi connectivity index (χ3v) is 2.52. The molecule has 78 valence electrons. The summed E-state index contributed by atoms with van der Waals surface area (Å²) in [5.41, 5.74) is 2.20. The Morgan fingerprint density at radius 3 is 2.38 bits per heavy atom. The average molecular weight is 230 g/mol. The summed E-state index contributed by atoms with van der Waals surface area (Å²) in [6.07, 6.45) is 0. The Hall–Kier alpha value is -1.98. The Morgan fingerprint density at radius 2 is 1.75 bits per heavy atom. The highest BCUT2D eigenvalue weighted by Crippen LogP contribution is 2.27. The van der Waals surface area contributed by atoms with Crippen LogP contribution in [0.4, 0.5) is 0 Å². The Kier molecular flexibility index (Phi) is 2.80. The molecule has 0 spiro atoms. The second-order valence-electron chi connectivity index (χ2n) is 3.35. The van der Waals surface area contributed by atoms with Crippen molar-refractivity contribution < 1.29 is 5.11 Å². The van der Waals surface area contributed by atoms with Gasteiger partial charge in [-0.15, -0.1) is 0 Å². The summed E-state index contributed by atoms with van der Waals surface area (Å²) in [7, 11) is 0. The molecule has 0 amide bonds. The summed E-state index contributed by atoms with van der Waals surface area (Å²) in [5.74, 6) is 0.198. The van der Waals surface area contributed by atoms with Gasteiger partial charge < -0.3 is 5.11 Å². The van der Waals surface area contributed by atoms with Gasteiger partial charge in [0, 0.05) is 10.6 Å². The molecule has 0 fully saturated rings. The molecule has 1 N–H and O–H groups in total. The number of nitriles is 1. The lowest BCUT2D eigenvalue weighted by Crippen LogP contribution is -1.83. The maximum atomic E-state index is 9.19. The number of phenolic OH excluding ortho intramolecular Hbond substituents is 1. The monoisotopic (exact) mass is 229 g/mol. The molecule has 0 aliphatic heterocycles. The van der Waals surface area contributed by atoms with Gasteiger partial charge in [0.15, 0.2) is 0 Å². The molecular weight excluding hydrogens is 222 g/mol. The largest absolute Gasteiger partial charge is 0.508 e. The molecule has 16 heavy (non-hydrogen) atoms. The fourth-order valence-corrected chi connectivity index (χ4v) is 1.67. The maximum Gasteiger partial charge on any atom is 0.115 e. The van der Waals surface area contributed by atoms with E-state index in [0.717, 1.165) is 11.1 Å². The van der Waals surface area contributed by atoms with Gasteiger partial charge in [0.2, 0.25) is 0 Å².